The molecule has 6 heteroatoms. The molecular formula is C15H18N4OS. The summed E-state index contributed by atoms with van der Waals surface area (Å²) in [5.41, 5.74) is 3.32. The van der Waals surface area contributed by atoms with Gasteiger partial charge >= 0.3 is 0 Å². The third-order valence-electron chi connectivity index (χ3n) is 3.36. The standard InChI is InChI=1S/C15H18N4OS/c1-9-5-6-13(20-4)12(7-9)11(3)17-14-18-19-8-10(2)16-15(19)21-14/h5-8,11H,1-4H3,(H,17,18). The number of fused-ring (bicyclic) bond motifs is 1. The first-order valence-electron chi connectivity index (χ1n) is 6.80. The van der Waals surface area contributed by atoms with Gasteiger partial charge in [-0.15, -0.1) is 5.10 Å². The van der Waals surface area contributed by atoms with E-state index in [1.54, 1.807) is 18.4 Å². The number of nitrogens with one attached hydrogen (secondary N) is 1. The van der Waals surface area contributed by atoms with Crippen LogP contribution in [0.15, 0.2) is 24.4 Å². The lowest BCUT2D eigenvalue weighted by Gasteiger charge is -2.17. The number of nitrogens with zero attached hydrogens (tertiary/aromatic N) is 3. The first-order valence-corrected chi connectivity index (χ1v) is 7.62. The van der Waals surface area contributed by atoms with Crippen molar-refractivity contribution in [2.24, 2.45) is 0 Å². The predicted molar refractivity (Wildman–Crippen MR) is 85.4 cm³/mol. The van der Waals surface area contributed by atoms with Gasteiger partial charge in [-0.3, -0.25) is 0 Å². The molecule has 2 aromatic heterocycles. The monoisotopic (exact) mass is 302 g/mol. The van der Waals surface area contributed by atoms with Gasteiger partial charge in [-0.1, -0.05) is 29.0 Å². The van der Waals surface area contributed by atoms with Crippen LogP contribution < -0.4 is 10.1 Å². The number of methoxy groups -OCH3 is 1. The van der Waals surface area contributed by atoms with E-state index in [0.29, 0.717) is 0 Å². The van der Waals surface area contributed by atoms with E-state index in [1.165, 1.54) is 5.56 Å². The molecule has 0 fully saturated rings. The summed E-state index contributed by atoms with van der Waals surface area (Å²) in [6, 6.07) is 6.30. The third-order valence-corrected chi connectivity index (χ3v) is 4.21. The van der Waals surface area contributed by atoms with Crippen molar-refractivity contribution >= 4 is 21.4 Å². The Bertz CT molecular complexity index is 746. The summed E-state index contributed by atoms with van der Waals surface area (Å²) in [5, 5.41) is 8.77. The summed E-state index contributed by atoms with van der Waals surface area (Å²) in [7, 11) is 1.70. The number of anilines is 1. The number of aryl methyl sites for hydroxylation is 2. The second-order valence-electron chi connectivity index (χ2n) is 5.13. The molecule has 1 unspecified atom stereocenters. The lowest BCUT2D eigenvalue weighted by Crippen LogP contribution is -2.08. The minimum atomic E-state index is 0.108. The van der Waals surface area contributed by atoms with E-state index >= 15 is 0 Å². The first kappa shape index (κ1) is 13.9. The average molecular weight is 302 g/mol. The Balaban J connectivity index is 1.86. The van der Waals surface area contributed by atoms with Crippen LogP contribution in [-0.2, 0) is 0 Å². The molecule has 1 aromatic carbocycles. The topological polar surface area (TPSA) is 51.5 Å². The highest BCUT2D eigenvalue weighted by atomic mass is 32.1. The van der Waals surface area contributed by atoms with Crippen molar-refractivity contribution in [2.75, 3.05) is 12.4 Å². The van der Waals surface area contributed by atoms with Crippen LogP contribution in [0.25, 0.3) is 4.96 Å². The normalized spacial score (nSPS) is 12.6. The fourth-order valence-electron chi connectivity index (χ4n) is 2.32. The number of ether oxygens (including phenoxy) is 1. The Morgan fingerprint density at radius 3 is 2.86 bits per heavy atom. The molecule has 0 saturated carbocycles. The highest BCUT2D eigenvalue weighted by Crippen LogP contribution is 2.30. The zero-order chi connectivity index (χ0) is 15.0. The van der Waals surface area contributed by atoms with Gasteiger partial charge in [0.05, 0.1) is 25.0 Å². The quantitative estimate of drug-likeness (QED) is 0.800. The van der Waals surface area contributed by atoms with Gasteiger partial charge in [0, 0.05) is 5.56 Å². The maximum Gasteiger partial charge on any atom is 0.214 e. The Morgan fingerprint density at radius 1 is 1.33 bits per heavy atom. The second-order valence-corrected chi connectivity index (χ2v) is 6.08. The summed E-state index contributed by atoms with van der Waals surface area (Å²) in [4.78, 5) is 5.32. The molecule has 0 amide bonds. The van der Waals surface area contributed by atoms with Crippen LogP contribution in [0.3, 0.4) is 0 Å². The number of imidazole rings is 1. The summed E-state index contributed by atoms with van der Waals surface area (Å²) in [5.74, 6) is 0.887. The SMILES string of the molecule is COc1ccc(C)cc1C(C)Nc1nn2cc(C)nc2s1. The molecule has 0 aliphatic heterocycles. The fourth-order valence-corrected chi connectivity index (χ4v) is 3.24. The van der Waals surface area contributed by atoms with Gasteiger partial charge < -0.3 is 10.1 Å². The molecule has 0 aliphatic carbocycles. The van der Waals surface area contributed by atoms with Crippen LogP contribution in [0, 0.1) is 13.8 Å². The van der Waals surface area contributed by atoms with Gasteiger partial charge in [-0.25, -0.2) is 9.50 Å². The van der Waals surface area contributed by atoms with Gasteiger partial charge in [0.1, 0.15) is 5.75 Å². The number of benzene rings is 1. The minimum absolute atomic E-state index is 0.108. The van der Waals surface area contributed by atoms with Crippen molar-refractivity contribution in [3.05, 3.63) is 41.2 Å². The summed E-state index contributed by atoms with van der Waals surface area (Å²) < 4.78 is 7.25. The van der Waals surface area contributed by atoms with Gasteiger partial charge in [-0.2, -0.15) is 0 Å². The van der Waals surface area contributed by atoms with Crippen molar-refractivity contribution in [2.45, 2.75) is 26.8 Å². The van der Waals surface area contributed by atoms with Gasteiger partial charge in [0.2, 0.25) is 10.1 Å². The Kier molecular flexibility index (Phi) is 3.55. The highest BCUT2D eigenvalue weighted by molar-refractivity contribution is 7.20. The molecular weight excluding hydrogens is 284 g/mol. The van der Waals surface area contributed by atoms with Crippen LogP contribution in [0.4, 0.5) is 5.13 Å². The molecule has 0 aliphatic rings. The van der Waals surface area contributed by atoms with Crippen LogP contribution >= 0.6 is 11.3 Å². The maximum absolute atomic E-state index is 5.44. The zero-order valence-electron chi connectivity index (χ0n) is 12.5. The van der Waals surface area contributed by atoms with Crippen molar-refractivity contribution in [3.8, 4) is 5.75 Å². The number of hydrogen-bond acceptors (Lipinski definition) is 5. The van der Waals surface area contributed by atoms with Crippen molar-refractivity contribution in [1.29, 1.82) is 0 Å². The van der Waals surface area contributed by atoms with Crippen LogP contribution in [0.2, 0.25) is 0 Å². The molecule has 0 saturated heterocycles. The Hall–Kier alpha value is -2.08. The zero-order valence-corrected chi connectivity index (χ0v) is 13.4. The summed E-state index contributed by atoms with van der Waals surface area (Å²) >= 11 is 1.55. The molecule has 1 atom stereocenters. The molecule has 110 valence electrons. The molecule has 3 rings (SSSR count). The second kappa shape index (κ2) is 5.37. The van der Waals surface area contributed by atoms with Crippen LogP contribution in [0.1, 0.15) is 29.8 Å². The predicted octanol–water partition coefficient (Wildman–Crippen LogP) is 3.59. The molecule has 5 nitrogen and oxygen atoms in total. The number of aromatic nitrogens is 3. The Morgan fingerprint density at radius 2 is 2.14 bits per heavy atom. The lowest BCUT2D eigenvalue weighted by molar-refractivity contribution is 0.408. The van der Waals surface area contributed by atoms with Gasteiger partial charge in [0.15, 0.2) is 0 Å². The maximum atomic E-state index is 5.44. The van der Waals surface area contributed by atoms with E-state index in [-0.39, 0.29) is 6.04 Å². The van der Waals surface area contributed by atoms with Crippen molar-refractivity contribution < 1.29 is 4.74 Å². The Labute approximate surface area is 127 Å². The average Bonchev–Trinajstić information content (AvgIpc) is 2.95. The minimum Gasteiger partial charge on any atom is -0.496 e. The molecule has 21 heavy (non-hydrogen) atoms. The molecule has 0 bridgehead atoms. The number of hydrogen-bond donors (Lipinski definition) is 1. The number of rotatable bonds is 4. The highest BCUT2D eigenvalue weighted by Gasteiger charge is 2.14. The molecule has 2 heterocycles. The van der Waals surface area contributed by atoms with Crippen molar-refractivity contribution in [1.82, 2.24) is 14.6 Å². The smallest absolute Gasteiger partial charge is 0.214 e. The largest absolute Gasteiger partial charge is 0.496 e. The van der Waals surface area contributed by atoms with Crippen LogP contribution in [-0.4, -0.2) is 21.7 Å². The van der Waals surface area contributed by atoms with E-state index in [1.807, 2.05) is 23.7 Å². The van der Waals surface area contributed by atoms with Gasteiger partial charge in [0.25, 0.3) is 0 Å². The van der Waals surface area contributed by atoms with E-state index in [4.69, 9.17) is 4.74 Å². The van der Waals surface area contributed by atoms with E-state index in [0.717, 1.165) is 27.1 Å². The molecule has 0 spiro atoms. The van der Waals surface area contributed by atoms with Gasteiger partial charge in [-0.05, 0) is 26.8 Å². The summed E-state index contributed by atoms with van der Waals surface area (Å²) in [6.07, 6.45) is 1.93. The summed E-state index contributed by atoms with van der Waals surface area (Å²) in [6.45, 7) is 6.15. The first-order chi connectivity index (χ1) is 10.1. The van der Waals surface area contributed by atoms with E-state index in [9.17, 15) is 0 Å². The molecule has 1 N–H and O–H groups in total. The van der Waals surface area contributed by atoms with Crippen molar-refractivity contribution in [3.63, 3.8) is 0 Å². The fraction of sp³-hybridized carbons (Fsp3) is 0.333. The molecule has 3 aromatic rings. The third kappa shape index (κ3) is 2.71. The molecule has 0 radical (unpaired) electrons. The lowest BCUT2D eigenvalue weighted by atomic mass is 10.0. The van der Waals surface area contributed by atoms with E-state index < -0.39 is 0 Å². The van der Waals surface area contributed by atoms with E-state index in [2.05, 4.69) is 41.4 Å². The van der Waals surface area contributed by atoms with Crippen LogP contribution in [0.5, 0.6) is 5.75 Å².